The van der Waals surface area contributed by atoms with Crippen molar-refractivity contribution in [1.29, 1.82) is 0 Å². The van der Waals surface area contributed by atoms with Crippen molar-refractivity contribution in [2.75, 3.05) is 11.9 Å². The van der Waals surface area contributed by atoms with Gasteiger partial charge in [-0.1, -0.05) is 6.07 Å². The maximum absolute atomic E-state index is 4.84. The number of anilines is 1. The van der Waals surface area contributed by atoms with Crippen LogP contribution < -0.4 is 5.32 Å². The summed E-state index contributed by atoms with van der Waals surface area (Å²) in [5.41, 5.74) is 3.41. The highest BCUT2D eigenvalue weighted by atomic mass is 32.1. The zero-order valence-corrected chi connectivity index (χ0v) is 12.6. The number of thiophene rings is 1. The lowest BCUT2D eigenvalue weighted by atomic mass is 10.1. The number of nitrogens with one attached hydrogen (secondary N) is 1. The number of fused-ring (bicyclic) bond motifs is 1. The highest BCUT2D eigenvalue weighted by Crippen LogP contribution is 2.34. The van der Waals surface area contributed by atoms with Crippen molar-refractivity contribution in [2.24, 2.45) is 0 Å². The van der Waals surface area contributed by atoms with Gasteiger partial charge in [0.05, 0.1) is 16.6 Å². The molecular formula is C16H16N4S. The van der Waals surface area contributed by atoms with Gasteiger partial charge in [0, 0.05) is 18.8 Å². The van der Waals surface area contributed by atoms with E-state index in [1.807, 2.05) is 18.3 Å². The molecule has 0 bridgehead atoms. The predicted octanol–water partition coefficient (Wildman–Crippen LogP) is 3.72. The van der Waals surface area contributed by atoms with Gasteiger partial charge in [0.1, 0.15) is 11.5 Å². The molecule has 4 nitrogen and oxygen atoms in total. The lowest BCUT2D eigenvalue weighted by Crippen LogP contribution is -2.24. The second kappa shape index (κ2) is 5.00. The Kier molecular flexibility index (Phi) is 3.00. The van der Waals surface area contributed by atoms with Crippen LogP contribution in [-0.2, 0) is 0 Å². The molecule has 3 aromatic rings. The first-order valence-electron chi connectivity index (χ1n) is 7.12. The van der Waals surface area contributed by atoms with Crippen LogP contribution >= 0.6 is 11.3 Å². The summed E-state index contributed by atoms with van der Waals surface area (Å²) in [6, 6.07) is 10.6. The van der Waals surface area contributed by atoms with Crippen LogP contribution in [0.4, 0.5) is 5.82 Å². The van der Waals surface area contributed by atoms with Gasteiger partial charge in [-0.05, 0) is 42.5 Å². The lowest BCUT2D eigenvalue weighted by Gasteiger charge is -2.25. The Hall–Kier alpha value is -2.14. The molecule has 4 rings (SSSR count). The zero-order chi connectivity index (χ0) is 14.2. The van der Waals surface area contributed by atoms with Crippen LogP contribution in [0.1, 0.15) is 23.7 Å². The molecule has 5 heteroatoms. The second-order valence-corrected chi connectivity index (χ2v) is 6.19. The fraction of sp³-hybridized carbons (Fsp3) is 0.250. The summed E-state index contributed by atoms with van der Waals surface area (Å²) in [5, 5.41) is 10.4. The average Bonchev–Trinajstić information content (AvgIpc) is 3.13. The molecule has 1 aliphatic rings. The standard InChI is InChI=1S/C16H16N4S/c1-11-6-9-21-16(11)13-10-15-18-8-5-14(20(15)19-13)12-4-2-3-7-17-12/h2-4,6-7,9-10,14,18H,5,8H2,1H3. The lowest BCUT2D eigenvalue weighted by molar-refractivity contribution is 0.473. The van der Waals surface area contributed by atoms with Gasteiger partial charge in [-0.3, -0.25) is 4.98 Å². The third-order valence-corrected chi connectivity index (χ3v) is 4.92. The molecule has 1 N–H and O–H groups in total. The molecule has 0 aromatic carbocycles. The van der Waals surface area contributed by atoms with Crippen molar-refractivity contribution in [3.8, 4) is 10.6 Å². The Morgan fingerprint density at radius 3 is 3.05 bits per heavy atom. The first-order chi connectivity index (χ1) is 10.3. The Morgan fingerprint density at radius 2 is 2.29 bits per heavy atom. The van der Waals surface area contributed by atoms with Crippen LogP contribution in [-0.4, -0.2) is 21.3 Å². The number of hydrogen-bond donors (Lipinski definition) is 1. The molecule has 0 radical (unpaired) electrons. The minimum absolute atomic E-state index is 0.219. The van der Waals surface area contributed by atoms with E-state index in [0.717, 1.165) is 30.2 Å². The fourth-order valence-corrected chi connectivity index (χ4v) is 3.70. The van der Waals surface area contributed by atoms with Crippen LogP contribution in [0.25, 0.3) is 10.6 Å². The van der Waals surface area contributed by atoms with E-state index >= 15 is 0 Å². The van der Waals surface area contributed by atoms with Gasteiger partial charge in [-0.2, -0.15) is 5.10 Å². The molecular weight excluding hydrogens is 280 g/mol. The summed E-state index contributed by atoms with van der Waals surface area (Å²) >= 11 is 1.74. The molecule has 3 aromatic heterocycles. The van der Waals surface area contributed by atoms with Crippen molar-refractivity contribution < 1.29 is 0 Å². The second-order valence-electron chi connectivity index (χ2n) is 5.28. The summed E-state index contributed by atoms with van der Waals surface area (Å²) in [7, 11) is 0. The van der Waals surface area contributed by atoms with Crippen LogP contribution in [0.3, 0.4) is 0 Å². The van der Waals surface area contributed by atoms with Crippen LogP contribution in [0.2, 0.25) is 0 Å². The van der Waals surface area contributed by atoms with E-state index in [1.165, 1.54) is 10.4 Å². The van der Waals surface area contributed by atoms with Crippen molar-refractivity contribution >= 4 is 17.2 Å². The van der Waals surface area contributed by atoms with E-state index in [-0.39, 0.29) is 6.04 Å². The largest absolute Gasteiger partial charge is 0.370 e. The molecule has 0 amide bonds. The summed E-state index contributed by atoms with van der Waals surface area (Å²) < 4.78 is 2.08. The molecule has 21 heavy (non-hydrogen) atoms. The number of pyridine rings is 1. The van der Waals surface area contributed by atoms with E-state index in [2.05, 4.69) is 45.5 Å². The molecule has 1 atom stereocenters. The molecule has 0 saturated heterocycles. The SMILES string of the molecule is Cc1ccsc1-c1cc2n(n1)C(c1ccccn1)CCN2. The van der Waals surface area contributed by atoms with Crippen LogP contribution in [0, 0.1) is 6.92 Å². The van der Waals surface area contributed by atoms with Crippen molar-refractivity contribution in [2.45, 2.75) is 19.4 Å². The smallest absolute Gasteiger partial charge is 0.125 e. The quantitative estimate of drug-likeness (QED) is 0.783. The van der Waals surface area contributed by atoms with Gasteiger partial charge < -0.3 is 5.32 Å². The molecule has 1 unspecified atom stereocenters. The molecule has 0 fully saturated rings. The number of hydrogen-bond acceptors (Lipinski definition) is 4. The average molecular weight is 296 g/mol. The van der Waals surface area contributed by atoms with Crippen LogP contribution in [0.5, 0.6) is 0 Å². The zero-order valence-electron chi connectivity index (χ0n) is 11.8. The van der Waals surface area contributed by atoms with Crippen molar-refractivity contribution in [3.63, 3.8) is 0 Å². The number of rotatable bonds is 2. The highest BCUT2D eigenvalue weighted by molar-refractivity contribution is 7.13. The molecule has 4 heterocycles. The van der Waals surface area contributed by atoms with E-state index in [9.17, 15) is 0 Å². The van der Waals surface area contributed by atoms with Gasteiger partial charge in [0.25, 0.3) is 0 Å². The Balaban J connectivity index is 1.79. The molecule has 1 aliphatic heterocycles. The number of nitrogens with zero attached hydrogens (tertiary/aromatic N) is 3. The van der Waals surface area contributed by atoms with E-state index < -0.39 is 0 Å². The summed E-state index contributed by atoms with van der Waals surface area (Å²) in [6.45, 7) is 3.09. The van der Waals surface area contributed by atoms with Crippen molar-refractivity contribution in [1.82, 2.24) is 14.8 Å². The van der Waals surface area contributed by atoms with Gasteiger partial charge in [-0.15, -0.1) is 11.3 Å². The van der Waals surface area contributed by atoms with Crippen molar-refractivity contribution in [3.05, 3.63) is 53.2 Å². The Bertz CT molecular complexity index is 760. The maximum Gasteiger partial charge on any atom is 0.125 e. The van der Waals surface area contributed by atoms with Gasteiger partial charge in [-0.25, -0.2) is 4.68 Å². The summed E-state index contributed by atoms with van der Waals surface area (Å²) in [4.78, 5) is 5.75. The fourth-order valence-electron chi connectivity index (χ4n) is 2.82. The monoisotopic (exact) mass is 296 g/mol. The Labute approximate surface area is 127 Å². The maximum atomic E-state index is 4.84. The third kappa shape index (κ3) is 2.14. The third-order valence-electron chi connectivity index (χ3n) is 3.88. The molecule has 0 aliphatic carbocycles. The highest BCUT2D eigenvalue weighted by Gasteiger charge is 2.24. The molecule has 106 valence electrons. The van der Waals surface area contributed by atoms with E-state index in [1.54, 1.807) is 11.3 Å². The van der Waals surface area contributed by atoms with Crippen LogP contribution in [0.15, 0.2) is 41.9 Å². The predicted molar refractivity (Wildman–Crippen MR) is 85.8 cm³/mol. The molecule has 0 saturated carbocycles. The van der Waals surface area contributed by atoms with Gasteiger partial charge >= 0.3 is 0 Å². The first-order valence-corrected chi connectivity index (χ1v) is 8.00. The summed E-state index contributed by atoms with van der Waals surface area (Å²) in [5.74, 6) is 1.08. The topological polar surface area (TPSA) is 42.7 Å². The Morgan fingerprint density at radius 1 is 1.33 bits per heavy atom. The number of aromatic nitrogens is 3. The normalized spacial score (nSPS) is 17.3. The number of aryl methyl sites for hydroxylation is 1. The first kappa shape index (κ1) is 12.6. The van der Waals surface area contributed by atoms with Gasteiger partial charge in [0.15, 0.2) is 0 Å². The summed E-state index contributed by atoms with van der Waals surface area (Å²) in [6.07, 6.45) is 2.86. The minimum Gasteiger partial charge on any atom is -0.370 e. The van der Waals surface area contributed by atoms with E-state index in [4.69, 9.17) is 5.10 Å². The van der Waals surface area contributed by atoms with E-state index in [0.29, 0.717) is 0 Å². The minimum atomic E-state index is 0.219. The van der Waals surface area contributed by atoms with Gasteiger partial charge in [0.2, 0.25) is 0 Å². The molecule has 0 spiro atoms.